The topological polar surface area (TPSA) is 69.6 Å². The summed E-state index contributed by atoms with van der Waals surface area (Å²) in [6, 6.07) is 15.9. The van der Waals surface area contributed by atoms with E-state index in [2.05, 4.69) is 5.32 Å². The maximum Gasteiger partial charge on any atom is 0.345 e. The standard InChI is InChI=1S/C24H23Cl3N2O3S/c25-17-7-1-5-16(15-17)6-3-13-29(14-4-8-18-11-12-21(33-18)23(30)31)24(32)28-20-10-2-9-19(26)22(20)27/h1-2,5,7,9-12,15H,3-4,6,8,13-14H2,(H,28,32)(H,30,31). The number of urea groups is 1. The van der Waals surface area contributed by atoms with Gasteiger partial charge in [-0.1, -0.05) is 53.0 Å². The predicted octanol–water partition coefficient (Wildman–Crippen LogP) is 7.51. The number of aryl methyl sites for hydroxylation is 2. The van der Waals surface area contributed by atoms with Crippen LogP contribution in [-0.4, -0.2) is 35.1 Å². The second-order valence-corrected chi connectivity index (χ2v) is 9.82. The Kier molecular flexibility index (Phi) is 9.44. The summed E-state index contributed by atoms with van der Waals surface area (Å²) in [5.41, 5.74) is 1.57. The summed E-state index contributed by atoms with van der Waals surface area (Å²) in [5.74, 6) is -0.924. The van der Waals surface area contributed by atoms with Gasteiger partial charge in [0, 0.05) is 23.0 Å². The number of nitrogens with one attached hydrogen (secondary N) is 1. The van der Waals surface area contributed by atoms with Crippen molar-refractivity contribution < 1.29 is 14.7 Å². The number of anilines is 1. The van der Waals surface area contributed by atoms with Gasteiger partial charge in [0.05, 0.1) is 15.7 Å². The number of halogens is 3. The van der Waals surface area contributed by atoms with E-state index in [4.69, 9.17) is 39.9 Å². The summed E-state index contributed by atoms with van der Waals surface area (Å²) >= 11 is 19.6. The predicted molar refractivity (Wildman–Crippen MR) is 136 cm³/mol. The van der Waals surface area contributed by atoms with Crippen molar-refractivity contribution in [2.24, 2.45) is 0 Å². The molecule has 3 aromatic rings. The zero-order chi connectivity index (χ0) is 23.8. The monoisotopic (exact) mass is 524 g/mol. The van der Waals surface area contributed by atoms with Gasteiger partial charge in [-0.15, -0.1) is 11.3 Å². The number of amides is 2. The van der Waals surface area contributed by atoms with Gasteiger partial charge in [0.25, 0.3) is 0 Å². The van der Waals surface area contributed by atoms with Crippen LogP contribution in [0.2, 0.25) is 15.1 Å². The second-order valence-electron chi connectivity index (χ2n) is 7.43. The van der Waals surface area contributed by atoms with E-state index in [0.717, 1.165) is 23.3 Å². The fourth-order valence-electron chi connectivity index (χ4n) is 3.35. The summed E-state index contributed by atoms with van der Waals surface area (Å²) in [6.07, 6.45) is 2.94. The molecule has 0 saturated carbocycles. The lowest BCUT2D eigenvalue weighted by Crippen LogP contribution is -2.37. The molecular formula is C24H23Cl3N2O3S. The number of nitrogens with zero attached hydrogens (tertiary/aromatic N) is 1. The van der Waals surface area contributed by atoms with Crippen LogP contribution in [0.3, 0.4) is 0 Å². The molecule has 9 heteroatoms. The molecule has 1 aromatic heterocycles. The van der Waals surface area contributed by atoms with Gasteiger partial charge in [0.1, 0.15) is 4.88 Å². The van der Waals surface area contributed by atoms with Gasteiger partial charge < -0.3 is 15.3 Å². The van der Waals surface area contributed by atoms with Crippen LogP contribution in [0.15, 0.2) is 54.6 Å². The quantitative estimate of drug-likeness (QED) is 0.288. The Morgan fingerprint density at radius 2 is 1.67 bits per heavy atom. The van der Waals surface area contributed by atoms with Crippen LogP contribution in [-0.2, 0) is 12.8 Å². The molecule has 0 saturated heterocycles. The molecule has 33 heavy (non-hydrogen) atoms. The van der Waals surface area contributed by atoms with Crippen molar-refractivity contribution in [3.63, 3.8) is 0 Å². The Morgan fingerprint density at radius 1 is 0.939 bits per heavy atom. The first-order chi connectivity index (χ1) is 15.8. The van der Waals surface area contributed by atoms with Crippen molar-refractivity contribution in [1.29, 1.82) is 0 Å². The van der Waals surface area contributed by atoms with Crippen molar-refractivity contribution in [3.05, 3.63) is 85.0 Å². The van der Waals surface area contributed by atoms with Gasteiger partial charge in [0.2, 0.25) is 0 Å². The number of carbonyl (C=O) groups excluding carboxylic acids is 1. The molecule has 1 heterocycles. The first-order valence-electron chi connectivity index (χ1n) is 10.4. The number of thiophene rings is 1. The fraction of sp³-hybridized carbons (Fsp3) is 0.250. The van der Waals surface area contributed by atoms with Crippen molar-refractivity contribution in [3.8, 4) is 0 Å². The molecule has 0 unspecified atom stereocenters. The molecule has 0 aliphatic heterocycles. The molecule has 0 bridgehead atoms. The van der Waals surface area contributed by atoms with E-state index in [1.807, 2.05) is 30.3 Å². The minimum absolute atomic E-state index is 0.261. The number of carboxylic acids is 1. The number of rotatable bonds is 10. The number of carboxylic acid groups (broad SMARTS) is 1. The normalized spacial score (nSPS) is 10.8. The summed E-state index contributed by atoms with van der Waals surface area (Å²) in [7, 11) is 0. The highest BCUT2D eigenvalue weighted by atomic mass is 35.5. The Labute approximate surface area is 211 Å². The molecule has 0 fully saturated rings. The molecule has 0 aliphatic rings. The van der Waals surface area contributed by atoms with Crippen molar-refractivity contribution in [2.75, 3.05) is 18.4 Å². The zero-order valence-electron chi connectivity index (χ0n) is 17.7. The number of hydrogen-bond acceptors (Lipinski definition) is 3. The van der Waals surface area contributed by atoms with Gasteiger partial charge in [0.15, 0.2) is 0 Å². The summed E-state index contributed by atoms with van der Waals surface area (Å²) in [6.45, 7) is 1.06. The maximum absolute atomic E-state index is 13.0. The molecule has 5 nitrogen and oxygen atoms in total. The molecule has 174 valence electrons. The Hall–Kier alpha value is -2.25. The van der Waals surface area contributed by atoms with E-state index in [9.17, 15) is 9.59 Å². The largest absolute Gasteiger partial charge is 0.477 e. The molecule has 0 spiro atoms. The number of hydrogen-bond donors (Lipinski definition) is 2. The summed E-state index contributed by atoms with van der Waals surface area (Å²) < 4.78 is 0. The summed E-state index contributed by atoms with van der Waals surface area (Å²) in [5, 5.41) is 13.3. The molecule has 2 aromatic carbocycles. The third-order valence-corrected chi connectivity index (χ3v) is 7.17. The minimum Gasteiger partial charge on any atom is -0.477 e. The van der Waals surface area contributed by atoms with Gasteiger partial charge in [-0.3, -0.25) is 0 Å². The van der Waals surface area contributed by atoms with Crippen LogP contribution in [0.25, 0.3) is 0 Å². The lowest BCUT2D eigenvalue weighted by Gasteiger charge is -2.23. The van der Waals surface area contributed by atoms with E-state index in [-0.39, 0.29) is 6.03 Å². The van der Waals surface area contributed by atoms with Crippen molar-refractivity contribution in [1.82, 2.24) is 4.90 Å². The third kappa shape index (κ3) is 7.64. The van der Waals surface area contributed by atoms with Gasteiger partial charge in [-0.05, 0) is 67.6 Å². The van der Waals surface area contributed by atoms with Gasteiger partial charge in [-0.2, -0.15) is 0 Å². The lowest BCUT2D eigenvalue weighted by molar-refractivity contribution is 0.0702. The van der Waals surface area contributed by atoms with E-state index in [1.54, 1.807) is 29.2 Å². The van der Waals surface area contributed by atoms with Crippen molar-refractivity contribution >= 4 is 63.8 Å². The molecule has 0 atom stereocenters. The van der Waals surface area contributed by atoms with Crippen LogP contribution in [0.1, 0.15) is 33.0 Å². The first kappa shape index (κ1) is 25.4. The Bertz CT molecular complexity index is 1120. The molecule has 3 rings (SSSR count). The first-order valence-corrected chi connectivity index (χ1v) is 12.3. The fourth-order valence-corrected chi connectivity index (χ4v) is 4.80. The molecule has 2 amide bonds. The van der Waals surface area contributed by atoms with Crippen LogP contribution in [0, 0.1) is 0 Å². The summed E-state index contributed by atoms with van der Waals surface area (Å²) in [4.78, 5) is 27.1. The second kappa shape index (κ2) is 12.3. The van der Waals surface area contributed by atoms with Crippen LogP contribution in [0.5, 0.6) is 0 Å². The SMILES string of the molecule is O=C(O)c1ccc(CCCN(CCCc2cccc(Cl)c2)C(=O)Nc2cccc(Cl)c2Cl)s1. The Morgan fingerprint density at radius 3 is 2.36 bits per heavy atom. The highest BCUT2D eigenvalue weighted by molar-refractivity contribution is 7.13. The lowest BCUT2D eigenvalue weighted by atomic mass is 10.1. The van der Waals surface area contributed by atoms with Crippen LogP contribution in [0.4, 0.5) is 10.5 Å². The third-order valence-electron chi connectivity index (χ3n) is 4.99. The van der Waals surface area contributed by atoms with E-state index < -0.39 is 5.97 Å². The highest BCUT2D eigenvalue weighted by Crippen LogP contribution is 2.29. The van der Waals surface area contributed by atoms with Crippen molar-refractivity contribution in [2.45, 2.75) is 25.7 Å². The molecule has 0 radical (unpaired) electrons. The van der Waals surface area contributed by atoms with E-state index in [0.29, 0.717) is 51.6 Å². The number of aromatic carboxylic acids is 1. The van der Waals surface area contributed by atoms with E-state index in [1.165, 1.54) is 11.3 Å². The minimum atomic E-state index is -0.924. The molecular weight excluding hydrogens is 503 g/mol. The van der Waals surface area contributed by atoms with Gasteiger partial charge in [-0.25, -0.2) is 9.59 Å². The van der Waals surface area contributed by atoms with Crippen LogP contribution < -0.4 is 5.32 Å². The van der Waals surface area contributed by atoms with Crippen LogP contribution >= 0.6 is 46.1 Å². The smallest absolute Gasteiger partial charge is 0.345 e. The maximum atomic E-state index is 13.0. The zero-order valence-corrected chi connectivity index (χ0v) is 20.8. The number of benzene rings is 2. The molecule has 2 N–H and O–H groups in total. The Balaban J connectivity index is 1.62. The number of carbonyl (C=O) groups is 2. The average molecular weight is 526 g/mol. The van der Waals surface area contributed by atoms with Gasteiger partial charge >= 0.3 is 12.0 Å². The molecule has 0 aliphatic carbocycles. The van der Waals surface area contributed by atoms with E-state index >= 15 is 0 Å². The highest BCUT2D eigenvalue weighted by Gasteiger charge is 2.16. The average Bonchev–Trinajstić information content (AvgIpc) is 3.25.